The Hall–Kier alpha value is -0.630. The van der Waals surface area contributed by atoms with Gasteiger partial charge in [-0.15, -0.1) is 11.3 Å². The molecular formula is C19H26OS. The van der Waals surface area contributed by atoms with E-state index < -0.39 is 0 Å². The van der Waals surface area contributed by atoms with Crippen LogP contribution in [0, 0.1) is 36.0 Å². The van der Waals surface area contributed by atoms with E-state index in [1.165, 1.54) is 29.0 Å². The van der Waals surface area contributed by atoms with Gasteiger partial charge in [0.15, 0.2) is 5.78 Å². The molecule has 2 heteroatoms. The predicted molar refractivity (Wildman–Crippen MR) is 88.0 cm³/mol. The van der Waals surface area contributed by atoms with E-state index in [2.05, 4.69) is 33.8 Å². The number of carbonyl (C=O) groups is 1. The summed E-state index contributed by atoms with van der Waals surface area (Å²) < 4.78 is 0. The highest BCUT2D eigenvalue weighted by atomic mass is 32.1. The third kappa shape index (κ3) is 1.98. The highest BCUT2D eigenvalue weighted by Crippen LogP contribution is 2.70. The zero-order valence-corrected chi connectivity index (χ0v) is 14.5. The van der Waals surface area contributed by atoms with Crippen LogP contribution < -0.4 is 0 Å². The quantitative estimate of drug-likeness (QED) is 0.655. The topological polar surface area (TPSA) is 17.1 Å². The molecule has 4 bridgehead atoms. The standard InChI is InChI=1S/C19H26OS/c1-12-5-15(13(2)21-12)16(20)19-8-14-6-17(3,10-19)9-18(4,7-14)11-19/h5,14H,6-11H2,1-4H3. The van der Waals surface area contributed by atoms with E-state index >= 15 is 0 Å². The maximum atomic E-state index is 13.4. The van der Waals surface area contributed by atoms with Crippen molar-refractivity contribution in [2.75, 3.05) is 0 Å². The van der Waals surface area contributed by atoms with Gasteiger partial charge in [-0.05, 0) is 75.2 Å². The van der Waals surface area contributed by atoms with Crippen LogP contribution in [-0.2, 0) is 0 Å². The summed E-state index contributed by atoms with van der Waals surface area (Å²) in [5, 5.41) is 0. The van der Waals surface area contributed by atoms with Gasteiger partial charge in [-0.2, -0.15) is 0 Å². The largest absolute Gasteiger partial charge is 0.294 e. The molecule has 0 spiro atoms. The minimum absolute atomic E-state index is 0.0405. The molecule has 0 N–H and O–H groups in total. The predicted octanol–water partition coefficient (Wildman–Crippen LogP) is 5.54. The molecule has 1 heterocycles. The lowest BCUT2D eigenvalue weighted by Gasteiger charge is -2.64. The van der Waals surface area contributed by atoms with E-state index in [0.717, 1.165) is 30.7 Å². The lowest BCUT2D eigenvalue weighted by molar-refractivity contribution is -0.125. The van der Waals surface area contributed by atoms with Crippen molar-refractivity contribution in [3.63, 3.8) is 0 Å². The van der Waals surface area contributed by atoms with Crippen LogP contribution in [-0.4, -0.2) is 5.78 Å². The van der Waals surface area contributed by atoms with Crippen LogP contribution in [0.5, 0.6) is 0 Å². The van der Waals surface area contributed by atoms with Crippen molar-refractivity contribution in [1.82, 2.24) is 0 Å². The highest BCUT2D eigenvalue weighted by molar-refractivity contribution is 7.12. The lowest BCUT2D eigenvalue weighted by atomic mass is 9.39. The Labute approximate surface area is 132 Å². The van der Waals surface area contributed by atoms with E-state index in [1.807, 2.05) is 0 Å². The normalized spacial score (nSPS) is 44.3. The minimum Gasteiger partial charge on any atom is -0.294 e. The fraction of sp³-hybridized carbons (Fsp3) is 0.737. The van der Waals surface area contributed by atoms with E-state index in [0.29, 0.717) is 16.6 Å². The molecule has 2 unspecified atom stereocenters. The van der Waals surface area contributed by atoms with Crippen molar-refractivity contribution in [3.05, 3.63) is 21.4 Å². The first-order valence-corrected chi connectivity index (χ1v) is 9.16. The molecule has 0 aliphatic heterocycles. The molecule has 0 aromatic carbocycles. The number of aryl methyl sites for hydroxylation is 2. The average molecular weight is 302 g/mol. The molecule has 0 amide bonds. The van der Waals surface area contributed by atoms with Gasteiger partial charge in [-0.25, -0.2) is 0 Å². The molecular weight excluding hydrogens is 276 g/mol. The smallest absolute Gasteiger partial charge is 0.170 e. The van der Waals surface area contributed by atoms with Crippen molar-refractivity contribution >= 4 is 17.1 Å². The molecule has 4 aliphatic carbocycles. The van der Waals surface area contributed by atoms with Gasteiger partial charge in [0.2, 0.25) is 0 Å². The van der Waals surface area contributed by atoms with Crippen LogP contribution in [0.2, 0.25) is 0 Å². The summed E-state index contributed by atoms with van der Waals surface area (Å²) in [4.78, 5) is 15.9. The fourth-order valence-electron chi connectivity index (χ4n) is 6.84. The van der Waals surface area contributed by atoms with Crippen molar-refractivity contribution in [3.8, 4) is 0 Å². The van der Waals surface area contributed by atoms with Crippen LogP contribution in [0.4, 0.5) is 0 Å². The summed E-state index contributed by atoms with van der Waals surface area (Å²) in [6.07, 6.45) is 7.50. The maximum Gasteiger partial charge on any atom is 0.170 e. The Morgan fingerprint density at radius 1 is 1.10 bits per heavy atom. The molecule has 4 aliphatic rings. The number of ketones is 1. The SMILES string of the molecule is Cc1cc(C(=O)C23CC4CC(C)(CC(C)(C4)C2)C3)c(C)s1. The summed E-state index contributed by atoms with van der Waals surface area (Å²) >= 11 is 1.78. The van der Waals surface area contributed by atoms with Gasteiger partial charge in [-0.1, -0.05) is 13.8 Å². The van der Waals surface area contributed by atoms with Crippen LogP contribution in [0.15, 0.2) is 6.07 Å². The second-order valence-electron chi connectivity index (χ2n) is 9.07. The van der Waals surface area contributed by atoms with E-state index in [-0.39, 0.29) is 5.41 Å². The number of rotatable bonds is 2. The van der Waals surface area contributed by atoms with Crippen molar-refractivity contribution in [2.45, 2.75) is 66.2 Å². The van der Waals surface area contributed by atoms with Crippen molar-refractivity contribution in [1.29, 1.82) is 0 Å². The zero-order valence-electron chi connectivity index (χ0n) is 13.7. The third-order valence-corrected chi connectivity index (χ3v) is 7.36. The molecule has 21 heavy (non-hydrogen) atoms. The molecule has 1 aromatic rings. The average Bonchev–Trinajstić information content (AvgIpc) is 2.62. The van der Waals surface area contributed by atoms with Gasteiger partial charge in [0, 0.05) is 20.7 Å². The highest BCUT2D eigenvalue weighted by Gasteiger charge is 2.62. The summed E-state index contributed by atoms with van der Waals surface area (Å²) in [6.45, 7) is 9.14. The van der Waals surface area contributed by atoms with Gasteiger partial charge >= 0.3 is 0 Å². The number of hydrogen-bond donors (Lipinski definition) is 0. The molecule has 1 aromatic heterocycles. The maximum absolute atomic E-state index is 13.4. The summed E-state index contributed by atoms with van der Waals surface area (Å²) in [5.41, 5.74) is 1.83. The summed E-state index contributed by atoms with van der Waals surface area (Å²) in [7, 11) is 0. The Morgan fingerprint density at radius 3 is 2.19 bits per heavy atom. The van der Waals surface area contributed by atoms with Gasteiger partial charge in [0.05, 0.1) is 0 Å². The Kier molecular flexibility index (Phi) is 2.67. The van der Waals surface area contributed by atoms with Gasteiger partial charge in [-0.3, -0.25) is 4.79 Å². The molecule has 5 rings (SSSR count). The van der Waals surface area contributed by atoms with E-state index in [9.17, 15) is 4.79 Å². The van der Waals surface area contributed by atoms with Crippen LogP contribution in [0.3, 0.4) is 0 Å². The first-order chi connectivity index (χ1) is 9.73. The molecule has 114 valence electrons. The van der Waals surface area contributed by atoms with Gasteiger partial charge < -0.3 is 0 Å². The monoisotopic (exact) mass is 302 g/mol. The second-order valence-corrected chi connectivity index (χ2v) is 10.5. The molecule has 4 saturated carbocycles. The third-order valence-electron chi connectivity index (χ3n) is 6.39. The Bertz CT molecular complexity index is 608. The minimum atomic E-state index is -0.0405. The number of Topliss-reactive ketones (excluding diaryl/α,β-unsaturated/α-hetero) is 1. The van der Waals surface area contributed by atoms with Crippen molar-refractivity contribution < 1.29 is 4.79 Å². The second kappa shape index (κ2) is 4.01. The molecule has 1 nitrogen and oxygen atoms in total. The molecule has 0 saturated heterocycles. The van der Waals surface area contributed by atoms with Gasteiger partial charge in [0.25, 0.3) is 0 Å². The molecule has 4 fully saturated rings. The van der Waals surface area contributed by atoms with Crippen LogP contribution in [0.25, 0.3) is 0 Å². The Morgan fingerprint density at radius 2 is 1.71 bits per heavy atom. The van der Waals surface area contributed by atoms with Crippen LogP contribution >= 0.6 is 11.3 Å². The fourth-order valence-corrected chi connectivity index (χ4v) is 7.76. The molecule has 2 atom stereocenters. The summed E-state index contributed by atoms with van der Waals surface area (Å²) in [6, 6.07) is 2.14. The molecule has 0 radical (unpaired) electrons. The van der Waals surface area contributed by atoms with Crippen LogP contribution in [0.1, 0.15) is 72.5 Å². The van der Waals surface area contributed by atoms with E-state index in [1.54, 1.807) is 11.3 Å². The zero-order chi connectivity index (χ0) is 15.0. The number of thiophene rings is 1. The lowest BCUT2D eigenvalue weighted by Crippen LogP contribution is -2.57. The van der Waals surface area contributed by atoms with E-state index in [4.69, 9.17) is 0 Å². The van der Waals surface area contributed by atoms with Gasteiger partial charge in [0.1, 0.15) is 0 Å². The first-order valence-electron chi connectivity index (χ1n) is 8.35. The number of carbonyl (C=O) groups excluding carboxylic acids is 1. The Balaban J connectivity index is 1.77. The number of hydrogen-bond acceptors (Lipinski definition) is 2. The van der Waals surface area contributed by atoms with Crippen molar-refractivity contribution in [2.24, 2.45) is 22.2 Å². The summed E-state index contributed by atoms with van der Waals surface area (Å²) in [5.74, 6) is 1.27. The first kappa shape index (κ1) is 14.0.